The Balaban J connectivity index is 1.25. The van der Waals surface area contributed by atoms with E-state index in [-0.39, 0.29) is 0 Å². The van der Waals surface area contributed by atoms with Gasteiger partial charge in [0.25, 0.3) is 0 Å². The average Bonchev–Trinajstić information content (AvgIpc) is 3.25. The second-order valence-corrected chi connectivity index (χ2v) is 10.6. The molecule has 2 heterocycles. The lowest BCUT2D eigenvalue weighted by atomic mass is 9.86. The first-order chi connectivity index (χ1) is 13.6. The van der Waals surface area contributed by atoms with Crippen molar-refractivity contribution in [2.75, 3.05) is 52.5 Å². The highest BCUT2D eigenvalue weighted by atomic mass is 35.5. The van der Waals surface area contributed by atoms with Crippen LogP contribution in [0.15, 0.2) is 22.2 Å². The van der Waals surface area contributed by atoms with Gasteiger partial charge in [-0.1, -0.05) is 48.7 Å². The lowest BCUT2D eigenvalue weighted by Gasteiger charge is -2.29. The first-order valence-electron chi connectivity index (χ1n) is 11.5. The van der Waals surface area contributed by atoms with E-state index in [1.165, 1.54) is 71.5 Å². The van der Waals surface area contributed by atoms with Crippen molar-refractivity contribution in [3.05, 3.63) is 22.2 Å². The highest BCUT2D eigenvalue weighted by molar-refractivity contribution is 6.29. The molecule has 2 aliphatic carbocycles. The molecule has 0 saturated carbocycles. The van der Waals surface area contributed by atoms with Crippen LogP contribution in [0.4, 0.5) is 0 Å². The molecule has 158 valence electrons. The first kappa shape index (κ1) is 21.2. The van der Waals surface area contributed by atoms with Crippen molar-refractivity contribution in [2.24, 2.45) is 23.7 Å². The number of unbranched alkanes of at least 4 members (excludes halogenated alkanes) is 1. The van der Waals surface area contributed by atoms with Crippen molar-refractivity contribution in [1.29, 1.82) is 0 Å². The van der Waals surface area contributed by atoms with E-state index in [1.54, 1.807) is 0 Å². The van der Waals surface area contributed by atoms with Crippen molar-refractivity contribution in [1.82, 2.24) is 14.7 Å². The van der Waals surface area contributed by atoms with Crippen LogP contribution in [0.1, 0.15) is 45.4 Å². The monoisotopic (exact) mass is 425 g/mol. The molecule has 5 heteroatoms. The Hall–Kier alpha value is -0.0600. The summed E-state index contributed by atoms with van der Waals surface area (Å²) in [7, 11) is 0. The lowest BCUT2D eigenvalue weighted by Crippen LogP contribution is -2.41. The molecule has 0 bridgehead atoms. The standard InChI is InChI=1S/C23H37Cl2N3/c1-2-3-8-26(17-28-14-19-5-7-23(25)12-21(19)16-28)9-10-27-13-18-4-6-22(24)11-20(18)15-27/h6-7,18-21H,2-5,8-17H2,1H3/t18-,19+,20+,21-/m0/s1. The Bertz CT molecular complexity index is 590. The Kier molecular flexibility index (Phi) is 7.44. The summed E-state index contributed by atoms with van der Waals surface area (Å²) in [6.45, 7) is 12.1. The molecule has 3 nitrogen and oxygen atoms in total. The second-order valence-electron chi connectivity index (χ2n) is 9.63. The fourth-order valence-corrected chi connectivity index (χ4v) is 6.37. The smallest absolute Gasteiger partial charge is 0.0506 e. The van der Waals surface area contributed by atoms with Crippen LogP contribution in [0.3, 0.4) is 0 Å². The number of fused-ring (bicyclic) bond motifs is 2. The number of likely N-dealkylation sites (tertiary alicyclic amines) is 2. The Morgan fingerprint density at radius 2 is 1.43 bits per heavy atom. The SMILES string of the molecule is CCCCN(CCN1C[C@H]2CC(Cl)=CC[C@H]2C1)CN1C[C@H]2CC=C(Cl)C[C@H]2C1. The Morgan fingerprint density at radius 3 is 2.07 bits per heavy atom. The van der Waals surface area contributed by atoms with E-state index in [4.69, 9.17) is 23.2 Å². The van der Waals surface area contributed by atoms with Gasteiger partial charge in [-0.2, -0.15) is 0 Å². The molecule has 0 aromatic rings. The van der Waals surface area contributed by atoms with E-state index < -0.39 is 0 Å². The minimum atomic E-state index is 0.782. The van der Waals surface area contributed by atoms with Crippen LogP contribution < -0.4 is 0 Å². The third-order valence-electron chi connectivity index (χ3n) is 7.46. The highest BCUT2D eigenvalue weighted by Crippen LogP contribution is 2.38. The molecule has 2 aliphatic heterocycles. The van der Waals surface area contributed by atoms with Crippen molar-refractivity contribution in [2.45, 2.75) is 45.4 Å². The van der Waals surface area contributed by atoms with Crippen molar-refractivity contribution in [3.8, 4) is 0 Å². The largest absolute Gasteiger partial charge is 0.301 e. The first-order valence-corrected chi connectivity index (χ1v) is 12.2. The zero-order valence-corrected chi connectivity index (χ0v) is 19.0. The van der Waals surface area contributed by atoms with Crippen molar-refractivity contribution in [3.63, 3.8) is 0 Å². The van der Waals surface area contributed by atoms with Crippen LogP contribution in [-0.4, -0.2) is 67.2 Å². The quantitative estimate of drug-likeness (QED) is 0.542. The van der Waals surface area contributed by atoms with Crippen molar-refractivity contribution >= 4 is 23.2 Å². The summed E-state index contributed by atoms with van der Waals surface area (Å²) >= 11 is 12.6. The van der Waals surface area contributed by atoms with Gasteiger partial charge in [0.05, 0.1) is 6.67 Å². The summed E-state index contributed by atoms with van der Waals surface area (Å²) in [5.74, 6) is 3.24. The number of halogens is 2. The van der Waals surface area contributed by atoms with E-state index in [9.17, 15) is 0 Å². The molecular weight excluding hydrogens is 389 g/mol. The molecule has 2 fully saturated rings. The number of hydrogen-bond acceptors (Lipinski definition) is 3. The van der Waals surface area contributed by atoms with E-state index in [0.29, 0.717) is 0 Å². The molecule has 0 unspecified atom stereocenters. The van der Waals surface area contributed by atoms with E-state index in [1.807, 2.05) is 0 Å². The summed E-state index contributed by atoms with van der Waals surface area (Å²) in [5, 5.41) is 2.19. The number of rotatable bonds is 8. The Labute approximate surface area is 181 Å². The number of nitrogens with zero attached hydrogens (tertiary/aromatic N) is 3. The molecule has 4 rings (SSSR count). The maximum Gasteiger partial charge on any atom is 0.0506 e. The van der Waals surface area contributed by atoms with Gasteiger partial charge < -0.3 is 4.90 Å². The zero-order chi connectivity index (χ0) is 19.5. The fourth-order valence-electron chi connectivity index (χ4n) is 5.79. The lowest BCUT2D eigenvalue weighted by molar-refractivity contribution is 0.131. The summed E-state index contributed by atoms with van der Waals surface area (Å²) < 4.78 is 0. The number of allylic oxidation sites excluding steroid dienone is 4. The molecule has 4 aliphatic rings. The molecule has 0 amide bonds. The van der Waals surface area contributed by atoms with E-state index in [0.717, 1.165) is 53.2 Å². The van der Waals surface area contributed by atoms with Crippen LogP contribution >= 0.6 is 23.2 Å². The molecule has 0 aromatic heterocycles. The molecular formula is C23H37Cl2N3. The van der Waals surface area contributed by atoms with Gasteiger partial charge >= 0.3 is 0 Å². The fraction of sp³-hybridized carbons (Fsp3) is 0.826. The summed E-state index contributed by atoms with van der Waals surface area (Å²) in [6.07, 6.45) is 11.7. The van der Waals surface area contributed by atoms with Crippen LogP contribution in [0.2, 0.25) is 0 Å². The number of hydrogen-bond donors (Lipinski definition) is 0. The van der Waals surface area contributed by atoms with Gasteiger partial charge in [0, 0.05) is 49.3 Å². The van der Waals surface area contributed by atoms with Crippen LogP contribution in [0.25, 0.3) is 0 Å². The van der Waals surface area contributed by atoms with Gasteiger partial charge in [-0.15, -0.1) is 0 Å². The second kappa shape index (κ2) is 9.83. The van der Waals surface area contributed by atoms with Gasteiger partial charge in [-0.05, 0) is 62.3 Å². The van der Waals surface area contributed by atoms with Crippen LogP contribution in [-0.2, 0) is 0 Å². The predicted octanol–water partition coefficient (Wildman–Crippen LogP) is 4.98. The van der Waals surface area contributed by atoms with Crippen LogP contribution in [0.5, 0.6) is 0 Å². The molecule has 28 heavy (non-hydrogen) atoms. The molecule has 0 aromatic carbocycles. The minimum Gasteiger partial charge on any atom is -0.301 e. The third-order valence-corrected chi connectivity index (χ3v) is 8.08. The molecule has 2 saturated heterocycles. The topological polar surface area (TPSA) is 9.72 Å². The van der Waals surface area contributed by atoms with Crippen molar-refractivity contribution < 1.29 is 0 Å². The molecule has 0 N–H and O–H groups in total. The van der Waals surface area contributed by atoms with Gasteiger partial charge in [0.1, 0.15) is 0 Å². The maximum absolute atomic E-state index is 6.30. The average molecular weight is 426 g/mol. The molecule has 4 atom stereocenters. The van der Waals surface area contributed by atoms with E-state index >= 15 is 0 Å². The van der Waals surface area contributed by atoms with Gasteiger partial charge in [0.15, 0.2) is 0 Å². The van der Waals surface area contributed by atoms with Crippen LogP contribution in [0, 0.1) is 23.7 Å². The van der Waals surface area contributed by atoms with E-state index in [2.05, 4.69) is 33.8 Å². The van der Waals surface area contributed by atoms with Gasteiger partial charge in [-0.25, -0.2) is 0 Å². The minimum absolute atomic E-state index is 0.782. The summed E-state index contributed by atoms with van der Waals surface area (Å²) in [6, 6.07) is 0. The van der Waals surface area contributed by atoms with Gasteiger partial charge in [0.2, 0.25) is 0 Å². The highest BCUT2D eigenvalue weighted by Gasteiger charge is 2.36. The molecule has 0 spiro atoms. The summed E-state index contributed by atoms with van der Waals surface area (Å²) in [5.41, 5.74) is 0. The zero-order valence-electron chi connectivity index (χ0n) is 17.5. The normalized spacial score (nSPS) is 33.7. The summed E-state index contributed by atoms with van der Waals surface area (Å²) in [4.78, 5) is 8.11. The molecule has 0 radical (unpaired) electrons. The maximum atomic E-state index is 6.30. The Morgan fingerprint density at radius 1 is 0.857 bits per heavy atom. The predicted molar refractivity (Wildman–Crippen MR) is 120 cm³/mol. The third kappa shape index (κ3) is 5.35. The van der Waals surface area contributed by atoms with Gasteiger partial charge in [-0.3, -0.25) is 9.80 Å².